The van der Waals surface area contributed by atoms with Crippen LogP contribution in [-0.2, 0) is 19.6 Å². The Morgan fingerprint density at radius 2 is 2.07 bits per heavy atom. The molecular formula is C17H23ClN4O4S2. The quantitative estimate of drug-likeness (QED) is 0.641. The summed E-state index contributed by atoms with van der Waals surface area (Å²) in [5, 5.41) is 1.04. The summed E-state index contributed by atoms with van der Waals surface area (Å²) in [4.78, 5) is 21.3. The smallest absolute Gasteiger partial charge is 0.244 e. The van der Waals surface area contributed by atoms with Gasteiger partial charge in [0.15, 0.2) is 5.13 Å². The van der Waals surface area contributed by atoms with Gasteiger partial charge in [-0.05, 0) is 12.1 Å². The summed E-state index contributed by atoms with van der Waals surface area (Å²) in [5.74, 6) is -0.323. The van der Waals surface area contributed by atoms with Gasteiger partial charge in [-0.15, -0.1) is 0 Å². The number of amides is 1. The summed E-state index contributed by atoms with van der Waals surface area (Å²) in [7, 11) is -2.07. The summed E-state index contributed by atoms with van der Waals surface area (Å²) in [6, 6.07) is 5.49. The van der Waals surface area contributed by atoms with E-state index in [4.69, 9.17) is 16.3 Å². The van der Waals surface area contributed by atoms with Crippen LogP contribution in [0.15, 0.2) is 18.2 Å². The van der Waals surface area contributed by atoms with Crippen molar-refractivity contribution in [2.24, 2.45) is 0 Å². The minimum Gasteiger partial charge on any atom is -0.379 e. The summed E-state index contributed by atoms with van der Waals surface area (Å²) in [6.45, 7) is 3.76. The normalized spacial score (nSPS) is 16.0. The number of rotatable bonds is 7. The minimum absolute atomic E-state index is 0.244. The lowest BCUT2D eigenvalue weighted by Gasteiger charge is -2.29. The summed E-state index contributed by atoms with van der Waals surface area (Å²) in [5.41, 5.74) is 0.643. The molecule has 3 rings (SSSR count). The second kappa shape index (κ2) is 9.02. The Bertz CT molecular complexity index is 944. The van der Waals surface area contributed by atoms with Gasteiger partial charge in [0.05, 0.1) is 35.7 Å². The number of sulfonamides is 1. The predicted molar refractivity (Wildman–Crippen MR) is 112 cm³/mol. The van der Waals surface area contributed by atoms with Crippen LogP contribution in [0.3, 0.4) is 0 Å². The van der Waals surface area contributed by atoms with Gasteiger partial charge in [0.1, 0.15) is 5.52 Å². The highest BCUT2D eigenvalue weighted by atomic mass is 35.5. The molecule has 0 aliphatic carbocycles. The summed E-state index contributed by atoms with van der Waals surface area (Å²) < 4.78 is 30.7. The predicted octanol–water partition coefficient (Wildman–Crippen LogP) is 1.51. The maximum absolute atomic E-state index is 12.9. The Kier molecular flexibility index (Phi) is 6.89. The highest BCUT2D eigenvalue weighted by Gasteiger charge is 2.25. The van der Waals surface area contributed by atoms with Crippen LogP contribution in [0.5, 0.6) is 0 Å². The van der Waals surface area contributed by atoms with E-state index in [1.165, 1.54) is 18.4 Å². The Hall–Kier alpha value is -1.30. The van der Waals surface area contributed by atoms with Gasteiger partial charge in [-0.3, -0.25) is 14.6 Å². The molecule has 28 heavy (non-hydrogen) atoms. The lowest BCUT2D eigenvalue weighted by atomic mass is 10.3. The number of hydrogen-bond donors (Lipinski definition) is 0. The van der Waals surface area contributed by atoms with E-state index in [1.807, 2.05) is 12.1 Å². The largest absolute Gasteiger partial charge is 0.379 e. The number of carbonyl (C=O) groups excluding carboxylic acids is 1. The number of anilines is 1. The maximum Gasteiger partial charge on any atom is 0.244 e. The molecule has 0 spiro atoms. The number of benzene rings is 1. The lowest BCUT2D eigenvalue weighted by Crippen LogP contribution is -2.46. The first-order chi connectivity index (χ1) is 13.3. The van der Waals surface area contributed by atoms with Crippen molar-refractivity contribution in [3.8, 4) is 0 Å². The van der Waals surface area contributed by atoms with Crippen LogP contribution in [0.25, 0.3) is 10.2 Å². The maximum atomic E-state index is 12.9. The van der Waals surface area contributed by atoms with Crippen molar-refractivity contribution in [3.05, 3.63) is 23.2 Å². The van der Waals surface area contributed by atoms with E-state index in [1.54, 1.807) is 11.0 Å². The van der Waals surface area contributed by atoms with Gasteiger partial charge < -0.3 is 4.74 Å². The van der Waals surface area contributed by atoms with E-state index in [0.717, 1.165) is 28.4 Å². The molecule has 8 nitrogen and oxygen atoms in total. The average molecular weight is 447 g/mol. The number of carbonyl (C=O) groups is 1. The molecule has 2 aromatic rings. The van der Waals surface area contributed by atoms with Gasteiger partial charge in [0.25, 0.3) is 0 Å². The second-order valence-electron chi connectivity index (χ2n) is 6.60. The molecule has 0 bridgehead atoms. The van der Waals surface area contributed by atoms with Crippen molar-refractivity contribution < 1.29 is 17.9 Å². The number of thiazole rings is 1. The van der Waals surface area contributed by atoms with Gasteiger partial charge in [0, 0.05) is 33.2 Å². The van der Waals surface area contributed by atoms with Crippen LogP contribution < -0.4 is 4.90 Å². The standard InChI is InChI=1S/C17H23ClN4O4S2/c1-20(28(2,24)25)12-15(23)22(7-6-21-8-10-26-11-9-21)17-19-16-13(18)4-3-5-14(16)27-17/h3-5H,6-12H2,1-2H3. The van der Waals surface area contributed by atoms with Gasteiger partial charge in [-0.1, -0.05) is 29.0 Å². The molecule has 0 radical (unpaired) electrons. The Labute approximate surface area is 173 Å². The fourth-order valence-electron chi connectivity index (χ4n) is 2.80. The number of para-hydroxylation sites is 1. The zero-order valence-electron chi connectivity index (χ0n) is 15.8. The van der Waals surface area contributed by atoms with Crippen LogP contribution in [-0.4, -0.2) is 87.8 Å². The van der Waals surface area contributed by atoms with Crippen molar-refractivity contribution in [3.63, 3.8) is 0 Å². The topological polar surface area (TPSA) is 83.1 Å². The van der Waals surface area contributed by atoms with Crippen LogP contribution in [0.4, 0.5) is 5.13 Å². The van der Waals surface area contributed by atoms with Crippen molar-refractivity contribution in [1.29, 1.82) is 0 Å². The summed E-state index contributed by atoms with van der Waals surface area (Å²) >= 11 is 7.60. The third-order valence-corrected chi connectivity index (χ3v) is 7.17. The Morgan fingerprint density at radius 3 is 2.71 bits per heavy atom. The first-order valence-corrected chi connectivity index (χ1v) is 11.9. The molecule has 1 aromatic carbocycles. The number of fused-ring (bicyclic) bond motifs is 1. The molecule has 2 heterocycles. The molecule has 0 N–H and O–H groups in total. The Morgan fingerprint density at radius 1 is 1.36 bits per heavy atom. The molecular weight excluding hydrogens is 424 g/mol. The number of likely N-dealkylation sites (N-methyl/N-ethyl adjacent to an activating group) is 1. The van der Waals surface area contributed by atoms with Crippen LogP contribution in [0.1, 0.15) is 0 Å². The van der Waals surface area contributed by atoms with Gasteiger partial charge in [-0.2, -0.15) is 4.31 Å². The fourth-order valence-corrected chi connectivity index (χ4v) is 4.46. The third kappa shape index (κ3) is 5.19. The lowest BCUT2D eigenvalue weighted by molar-refractivity contribution is -0.118. The number of aromatic nitrogens is 1. The molecule has 0 unspecified atom stereocenters. The first kappa shape index (κ1) is 21.4. The van der Waals surface area contributed by atoms with Crippen molar-refractivity contribution in [1.82, 2.24) is 14.2 Å². The number of halogens is 1. The van der Waals surface area contributed by atoms with Crippen LogP contribution in [0.2, 0.25) is 5.02 Å². The molecule has 11 heteroatoms. The van der Waals surface area contributed by atoms with E-state index >= 15 is 0 Å². The Balaban J connectivity index is 1.83. The van der Waals surface area contributed by atoms with Crippen molar-refractivity contribution in [2.75, 3.05) is 64.1 Å². The van der Waals surface area contributed by atoms with E-state index in [9.17, 15) is 13.2 Å². The van der Waals surface area contributed by atoms with E-state index < -0.39 is 10.0 Å². The number of morpholine rings is 1. The molecule has 0 atom stereocenters. The fraction of sp³-hybridized carbons (Fsp3) is 0.529. The van der Waals surface area contributed by atoms with Crippen LogP contribution >= 0.6 is 22.9 Å². The number of nitrogens with zero attached hydrogens (tertiary/aromatic N) is 4. The van der Waals surface area contributed by atoms with E-state index in [2.05, 4.69) is 9.88 Å². The monoisotopic (exact) mass is 446 g/mol. The van der Waals surface area contributed by atoms with E-state index in [-0.39, 0.29) is 12.5 Å². The van der Waals surface area contributed by atoms with Gasteiger partial charge >= 0.3 is 0 Å². The highest BCUT2D eigenvalue weighted by molar-refractivity contribution is 7.88. The van der Waals surface area contributed by atoms with Crippen molar-refractivity contribution >= 4 is 54.2 Å². The second-order valence-corrected chi connectivity index (χ2v) is 10.1. The average Bonchev–Trinajstić information content (AvgIpc) is 3.07. The highest BCUT2D eigenvalue weighted by Crippen LogP contribution is 2.32. The van der Waals surface area contributed by atoms with E-state index in [0.29, 0.717) is 42.0 Å². The number of hydrogen-bond acceptors (Lipinski definition) is 7. The molecule has 1 aliphatic rings. The van der Waals surface area contributed by atoms with Gasteiger partial charge in [0.2, 0.25) is 15.9 Å². The minimum atomic E-state index is -3.46. The van der Waals surface area contributed by atoms with Crippen molar-refractivity contribution in [2.45, 2.75) is 0 Å². The first-order valence-electron chi connectivity index (χ1n) is 8.82. The molecule has 1 aliphatic heterocycles. The molecule has 154 valence electrons. The van der Waals surface area contributed by atoms with Crippen LogP contribution in [0, 0.1) is 0 Å². The van der Waals surface area contributed by atoms with Gasteiger partial charge in [-0.25, -0.2) is 13.4 Å². The summed E-state index contributed by atoms with van der Waals surface area (Å²) in [6.07, 6.45) is 1.08. The number of ether oxygens (including phenoxy) is 1. The third-order valence-electron chi connectivity index (χ3n) is 4.56. The molecule has 1 aromatic heterocycles. The molecule has 1 saturated heterocycles. The zero-order chi connectivity index (χ0) is 20.3. The zero-order valence-corrected chi connectivity index (χ0v) is 18.2. The molecule has 0 saturated carbocycles. The molecule has 1 fully saturated rings. The molecule has 1 amide bonds. The SMILES string of the molecule is CN(CC(=O)N(CCN1CCOCC1)c1nc2c(Cl)cccc2s1)S(C)(=O)=O.